The van der Waals surface area contributed by atoms with Crippen LogP contribution in [-0.4, -0.2) is 45.7 Å². The lowest BCUT2D eigenvalue weighted by Gasteiger charge is -2.25. The molecule has 1 heterocycles. The van der Waals surface area contributed by atoms with Gasteiger partial charge in [-0.15, -0.1) is 11.8 Å². The van der Waals surface area contributed by atoms with Crippen molar-refractivity contribution in [2.45, 2.75) is 18.3 Å². The van der Waals surface area contributed by atoms with E-state index in [-0.39, 0.29) is 17.9 Å². The molecule has 0 radical (unpaired) electrons. The van der Waals surface area contributed by atoms with E-state index in [1.54, 1.807) is 12.1 Å². The van der Waals surface area contributed by atoms with Crippen LogP contribution in [0.1, 0.15) is 6.92 Å². The molecule has 1 aromatic carbocycles. The van der Waals surface area contributed by atoms with Crippen LogP contribution in [0.15, 0.2) is 27.1 Å². The zero-order valence-electron chi connectivity index (χ0n) is 11.1. The lowest BCUT2D eigenvalue weighted by atomic mass is 10.3. The molecule has 0 saturated carbocycles. The van der Waals surface area contributed by atoms with Crippen molar-refractivity contribution in [3.63, 3.8) is 0 Å². The summed E-state index contributed by atoms with van der Waals surface area (Å²) in [7, 11) is 0. The number of benzene rings is 1. The average Bonchev–Trinajstić information content (AvgIpc) is 2.79. The van der Waals surface area contributed by atoms with Gasteiger partial charge in [0.2, 0.25) is 0 Å². The quantitative estimate of drug-likeness (QED) is 0.782. The first-order valence-electron chi connectivity index (χ1n) is 6.13. The first-order valence-corrected chi connectivity index (χ1v) is 8.77. The van der Waals surface area contributed by atoms with Gasteiger partial charge in [0.25, 0.3) is 5.91 Å². The fraction of sp³-hybridized carbons (Fsp3) is 0.385. The Hall–Kier alpha value is -0.730. The zero-order valence-corrected chi connectivity index (χ0v) is 15.1. The van der Waals surface area contributed by atoms with E-state index in [0.717, 1.165) is 8.95 Å². The highest BCUT2D eigenvalue weighted by Gasteiger charge is 2.39. The lowest BCUT2D eigenvalue weighted by molar-refractivity contribution is -0.149. The summed E-state index contributed by atoms with van der Waals surface area (Å²) in [4.78, 5) is 24.8. The van der Waals surface area contributed by atoms with Gasteiger partial charge < -0.3 is 14.7 Å². The molecule has 1 aliphatic heterocycles. The van der Waals surface area contributed by atoms with Crippen molar-refractivity contribution in [2.24, 2.45) is 0 Å². The SMILES string of the molecule is CC1SCC(C(=O)O)N1C(=O)COc1ccc(Br)cc1Br. The van der Waals surface area contributed by atoms with Crippen LogP contribution in [0.25, 0.3) is 0 Å². The topological polar surface area (TPSA) is 66.8 Å². The summed E-state index contributed by atoms with van der Waals surface area (Å²) in [6, 6.07) is 4.57. The largest absolute Gasteiger partial charge is 0.483 e. The maximum Gasteiger partial charge on any atom is 0.327 e. The molecule has 1 fully saturated rings. The molecular weight excluding hydrogens is 426 g/mol. The number of carbonyl (C=O) groups is 2. The molecule has 114 valence electrons. The van der Waals surface area contributed by atoms with Crippen LogP contribution in [0.4, 0.5) is 0 Å². The molecule has 1 aromatic rings. The highest BCUT2D eigenvalue weighted by atomic mass is 79.9. The van der Waals surface area contributed by atoms with Gasteiger partial charge in [-0.25, -0.2) is 4.79 Å². The number of carboxylic acids is 1. The van der Waals surface area contributed by atoms with Crippen molar-refractivity contribution in [3.8, 4) is 5.75 Å². The summed E-state index contributed by atoms with van der Waals surface area (Å²) >= 11 is 8.13. The second-order valence-corrected chi connectivity index (χ2v) is 7.57. The molecule has 2 atom stereocenters. The Morgan fingerprint density at radius 3 is 2.81 bits per heavy atom. The number of carboxylic acid groups (broad SMARTS) is 1. The van der Waals surface area contributed by atoms with E-state index in [1.165, 1.54) is 16.7 Å². The fourth-order valence-electron chi connectivity index (χ4n) is 2.02. The molecule has 0 bridgehead atoms. The molecule has 2 unspecified atom stereocenters. The van der Waals surface area contributed by atoms with Crippen molar-refractivity contribution in [2.75, 3.05) is 12.4 Å². The van der Waals surface area contributed by atoms with Gasteiger partial charge in [-0.2, -0.15) is 0 Å². The highest BCUT2D eigenvalue weighted by molar-refractivity contribution is 9.11. The molecule has 1 aliphatic rings. The van der Waals surface area contributed by atoms with Crippen LogP contribution in [0.3, 0.4) is 0 Å². The molecule has 0 aromatic heterocycles. The Morgan fingerprint density at radius 1 is 1.48 bits per heavy atom. The number of ether oxygens (including phenoxy) is 1. The van der Waals surface area contributed by atoms with Crippen molar-refractivity contribution >= 4 is 55.5 Å². The zero-order chi connectivity index (χ0) is 15.6. The first-order chi connectivity index (χ1) is 9.90. The summed E-state index contributed by atoms with van der Waals surface area (Å²) in [6.45, 7) is 1.63. The third-order valence-corrected chi connectivity index (χ3v) is 5.37. The summed E-state index contributed by atoms with van der Waals surface area (Å²) in [5, 5.41) is 8.99. The number of hydrogen-bond acceptors (Lipinski definition) is 4. The number of aliphatic carboxylic acids is 1. The molecule has 8 heteroatoms. The Balaban J connectivity index is 2.02. The van der Waals surface area contributed by atoms with E-state index in [9.17, 15) is 9.59 Å². The molecule has 21 heavy (non-hydrogen) atoms. The van der Waals surface area contributed by atoms with Crippen molar-refractivity contribution < 1.29 is 19.4 Å². The molecule has 0 aliphatic carbocycles. The Kier molecular flexibility index (Phi) is 5.56. The molecule has 1 N–H and O–H groups in total. The predicted octanol–water partition coefficient (Wildman–Crippen LogP) is 2.97. The van der Waals surface area contributed by atoms with Gasteiger partial charge in [-0.1, -0.05) is 15.9 Å². The van der Waals surface area contributed by atoms with Crippen LogP contribution < -0.4 is 4.74 Å². The van der Waals surface area contributed by atoms with Crippen molar-refractivity contribution in [3.05, 3.63) is 27.1 Å². The lowest BCUT2D eigenvalue weighted by Crippen LogP contribution is -2.46. The minimum atomic E-state index is -0.981. The minimum Gasteiger partial charge on any atom is -0.483 e. The van der Waals surface area contributed by atoms with E-state index in [4.69, 9.17) is 9.84 Å². The molecule has 0 spiro atoms. The van der Waals surface area contributed by atoms with Crippen LogP contribution in [0.5, 0.6) is 5.75 Å². The second-order valence-electron chi connectivity index (χ2n) is 4.45. The predicted molar refractivity (Wildman–Crippen MR) is 87.5 cm³/mol. The van der Waals surface area contributed by atoms with Crippen LogP contribution in [-0.2, 0) is 9.59 Å². The number of thioether (sulfide) groups is 1. The molecule has 1 amide bonds. The average molecular weight is 439 g/mol. The molecular formula is C13H13Br2NO4S. The number of amides is 1. The Morgan fingerprint density at radius 2 is 2.19 bits per heavy atom. The number of halogens is 2. The van der Waals surface area contributed by atoms with E-state index in [0.29, 0.717) is 11.5 Å². The second kappa shape index (κ2) is 7.02. The van der Waals surface area contributed by atoms with Crippen LogP contribution in [0.2, 0.25) is 0 Å². The summed E-state index contributed by atoms with van der Waals surface area (Å²) in [5.74, 6) is -0.359. The van der Waals surface area contributed by atoms with Gasteiger partial charge in [0, 0.05) is 10.2 Å². The summed E-state index contributed by atoms with van der Waals surface area (Å²) < 4.78 is 7.10. The van der Waals surface area contributed by atoms with Gasteiger partial charge in [-0.05, 0) is 41.1 Å². The van der Waals surface area contributed by atoms with Gasteiger partial charge in [0.05, 0.1) is 9.85 Å². The standard InChI is InChI=1S/C13H13Br2NO4S/c1-7-16(10(6-21-7)13(18)19)12(17)5-20-11-3-2-8(14)4-9(11)15/h2-4,7,10H,5-6H2,1H3,(H,18,19). The number of nitrogens with zero attached hydrogens (tertiary/aromatic N) is 1. The normalized spacial score (nSPS) is 21.4. The van der Waals surface area contributed by atoms with E-state index < -0.39 is 12.0 Å². The smallest absolute Gasteiger partial charge is 0.327 e. The minimum absolute atomic E-state index is 0.157. The number of carbonyl (C=O) groups excluding carboxylic acids is 1. The van der Waals surface area contributed by atoms with Gasteiger partial charge in [0.15, 0.2) is 6.61 Å². The monoisotopic (exact) mass is 437 g/mol. The van der Waals surface area contributed by atoms with Crippen molar-refractivity contribution in [1.29, 1.82) is 0 Å². The van der Waals surface area contributed by atoms with E-state index in [1.807, 2.05) is 13.0 Å². The maximum absolute atomic E-state index is 12.2. The third-order valence-electron chi connectivity index (χ3n) is 3.04. The Labute approximate surface area is 143 Å². The fourth-order valence-corrected chi connectivity index (χ4v) is 4.37. The van der Waals surface area contributed by atoms with Gasteiger partial charge in [-0.3, -0.25) is 4.79 Å². The Bertz CT molecular complexity index is 569. The number of rotatable bonds is 4. The van der Waals surface area contributed by atoms with Gasteiger partial charge in [0.1, 0.15) is 11.8 Å². The number of hydrogen-bond donors (Lipinski definition) is 1. The highest BCUT2D eigenvalue weighted by Crippen LogP contribution is 2.30. The maximum atomic E-state index is 12.2. The third kappa shape index (κ3) is 3.92. The molecule has 1 saturated heterocycles. The van der Waals surface area contributed by atoms with E-state index in [2.05, 4.69) is 31.9 Å². The van der Waals surface area contributed by atoms with Gasteiger partial charge >= 0.3 is 5.97 Å². The molecule has 5 nitrogen and oxygen atoms in total. The van der Waals surface area contributed by atoms with Crippen molar-refractivity contribution in [1.82, 2.24) is 4.90 Å². The van der Waals surface area contributed by atoms with Crippen LogP contribution >= 0.6 is 43.6 Å². The summed E-state index contributed by atoms with van der Waals surface area (Å²) in [5.41, 5.74) is 0. The van der Waals surface area contributed by atoms with Crippen LogP contribution in [0, 0.1) is 0 Å². The summed E-state index contributed by atoms with van der Waals surface area (Å²) in [6.07, 6.45) is 0. The van der Waals surface area contributed by atoms with E-state index >= 15 is 0 Å². The first kappa shape index (κ1) is 16.6. The molecule has 2 rings (SSSR count).